The van der Waals surface area contributed by atoms with Gasteiger partial charge in [0.05, 0.1) is 11.8 Å². The van der Waals surface area contributed by atoms with E-state index in [1.165, 1.54) is 15.9 Å². The predicted molar refractivity (Wildman–Crippen MR) is 99.9 cm³/mol. The Morgan fingerprint density at radius 1 is 1.36 bits per heavy atom. The number of aryl methyl sites for hydroxylation is 2. The molecule has 0 unspecified atom stereocenters. The number of carboxylic acids is 1. The molecule has 0 aliphatic heterocycles. The number of carboxylic acid groups (broad SMARTS) is 1. The lowest BCUT2D eigenvalue weighted by molar-refractivity contribution is -0.137. The van der Waals surface area contributed by atoms with Crippen LogP contribution in [0.25, 0.3) is 10.2 Å². The van der Waals surface area contributed by atoms with E-state index in [1.54, 1.807) is 6.07 Å². The summed E-state index contributed by atoms with van der Waals surface area (Å²) in [4.78, 5) is 30.4. The van der Waals surface area contributed by atoms with Crippen molar-refractivity contribution in [2.75, 3.05) is 0 Å². The quantitative estimate of drug-likeness (QED) is 0.735. The number of carbonyl (C=O) groups is 1. The Labute approximate surface area is 153 Å². The standard InChI is InChI=1S/C18H17ClN2O3S/c1-10-11(2)25-17-16(10)18(24)21(7-6-15(22)23)14(20-17)9-12-4-3-5-13(19)8-12/h3-5,8H,6-7,9H2,1-2H3,(H,22,23). The molecule has 1 aromatic carbocycles. The first-order chi connectivity index (χ1) is 11.9. The molecule has 0 radical (unpaired) electrons. The summed E-state index contributed by atoms with van der Waals surface area (Å²) in [5.74, 6) is -0.388. The minimum absolute atomic E-state index is 0.0986. The summed E-state index contributed by atoms with van der Waals surface area (Å²) in [7, 11) is 0. The van der Waals surface area contributed by atoms with Crippen molar-refractivity contribution >= 4 is 39.1 Å². The van der Waals surface area contributed by atoms with Crippen molar-refractivity contribution in [1.82, 2.24) is 9.55 Å². The van der Waals surface area contributed by atoms with Gasteiger partial charge in [0.15, 0.2) is 0 Å². The van der Waals surface area contributed by atoms with Crippen molar-refractivity contribution in [3.05, 3.63) is 61.5 Å². The van der Waals surface area contributed by atoms with E-state index in [0.717, 1.165) is 16.0 Å². The summed E-state index contributed by atoms with van der Waals surface area (Å²) in [5, 5.41) is 10.2. The van der Waals surface area contributed by atoms with Crippen molar-refractivity contribution < 1.29 is 9.90 Å². The molecule has 0 aliphatic carbocycles. The molecule has 7 heteroatoms. The third kappa shape index (κ3) is 3.60. The molecule has 25 heavy (non-hydrogen) atoms. The number of hydrogen-bond donors (Lipinski definition) is 1. The van der Waals surface area contributed by atoms with Crippen LogP contribution >= 0.6 is 22.9 Å². The maximum Gasteiger partial charge on any atom is 0.305 e. The number of halogens is 1. The summed E-state index contributed by atoms with van der Waals surface area (Å²) in [6.07, 6.45) is 0.291. The lowest BCUT2D eigenvalue weighted by atomic mass is 10.1. The van der Waals surface area contributed by atoms with Crippen LogP contribution in [0.3, 0.4) is 0 Å². The lowest BCUT2D eigenvalue weighted by Gasteiger charge is -2.12. The molecule has 1 N–H and O–H groups in total. The van der Waals surface area contributed by atoms with Crippen LogP contribution < -0.4 is 5.56 Å². The van der Waals surface area contributed by atoms with Crippen LogP contribution in [-0.4, -0.2) is 20.6 Å². The number of rotatable bonds is 5. The second-order valence-corrected chi connectivity index (χ2v) is 7.54. The fourth-order valence-corrected chi connectivity index (χ4v) is 4.02. The molecule has 2 heterocycles. The van der Waals surface area contributed by atoms with E-state index < -0.39 is 5.97 Å². The molecule has 3 rings (SSSR count). The number of aliphatic carboxylic acids is 1. The third-order valence-electron chi connectivity index (χ3n) is 4.17. The Kier molecular flexibility index (Phi) is 4.92. The van der Waals surface area contributed by atoms with Crippen LogP contribution in [-0.2, 0) is 17.8 Å². The van der Waals surface area contributed by atoms with Gasteiger partial charge in [-0.2, -0.15) is 0 Å². The Hall–Kier alpha value is -2.18. The molecule has 0 saturated heterocycles. The van der Waals surface area contributed by atoms with Gasteiger partial charge in [0.25, 0.3) is 5.56 Å². The average Bonchev–Trinajstić information content (AvgIpc) is 2.81. The number of thiophene rings is 1. The van der Waals surface area contributed by atoms with E-state index in [-0.39, 0.29) is 18.5 Å². The van der Waals surface area contributed by atoms with Crippen LogP contribution in [0.1, 0.15) is 28.2 Å². The number of fused-ring (bicyclic) bond motifs is 1. The van der Waals surface area contributed by atoms with Gasteiger partial charge in [0.2, 0.25) is 0 Å². The highest BCUT2D eigenvalue weighted by Gasteiger charge is 2.17. The van der Waals surface area contributed by atoms with Crippen molar-refractivity contribution in [3.8, 4) is 0 Å². The Morgan fingerprint density at radius 3 is 2.80 bits per heavy atom. The van der Waals surface area contributed by atoms with E-state index in [1.807, 2.05) is 32.0 Å². The zero-order valence-corrected chi connectivity index (χ0v) is 15.4. The number of aromatic nitrogens is 2. The number of hydrogen-bond acceptors (Lipinski definition) is 4. The third-order valence-corrected chi connectivity index (χ3v) is 5.50. The first-order valence-corrected chi connectivity index (χ1v) is 9.02. The van der Waals surface area contributed by atoms with Crippen LogP contribution in [0, 0.1) is 13.8 Å². The molecule has 0 amide bonds. The summed E-state index contributed by atoms with van der Waals surface area (Å²) in [6, 6.07) is 7.36. The van der Waals surface area contributed by atoms with E-state index in [9.17, 15) is 9.59 Å². The van der Waals surface area contributed by atoms with Crippen molar-refractivity contribution in [1.29, 1.82) is 0 Å². The Morgan fingerprint density at radius 2 is 2.12 bits per heavy atom. The summed E-state index contributed by atoms with van der Waals surface area (Å²) in [6.45, 7) is 3.95. The van der Waals surface area contributed by atoms with Gasteiger partial charge in [-0.1, -0.05) is 23.7 Å². The average molecular weight is 377 g/mol. The zero-order valence-electron chi connectivity index (χ0n) is 13.9. The second-order valence-electron chi connectivity index (χ2n) is 5.90. The predicted octanol–water partition coefficient (Wildman–Crippen LogP) is 3.79. The van der Waals surface area contributed by atoms with Crippen LogP contribution in [0.5, 0.6) is 0 Å². The highest BCUT2D eigenvalue weighted by Crippen LogP contribution is 2.27. The molecule has 2 aromatic heterocycles. The normalized spacial score (nSPS) is 11.2. The summed E-state index contributed by atoms with van der Waals surface area (Å²) < 4.78 is 1.48. The van der Waals surface area contributed by atoms with Crippen molar-refractivity contribution in [2.45, 2.75) is 33.2 Å². The van der Waals surface area contributed by atoms with Gasteiger partial charge in [-0.25, -0.2) is 4.98 Å². The topological polar surface area (TPSA) is 72.2 Å². The molecular weight excluding hydrogens is 360 g/mol. The highest BCUT2D eigenvalue weighted by atomic mass is 35.5. The monoisotopic (exact) mass is 376 g/mol. The Balaban J connectivity index is 2.15. The molecule has 3 aromatic rings. The SMILES string of the molecule is Cc1sc2nc(Cc3cccc(Cl)c3)n(CCC(=O)O)c(=O)c2c1C. The van der Waals surface area contributed by atoms with E-state index in [4.69, 9.17) is 16.7 Å². The smallest absolute Gasteiger partial charge is 0.305 e. The molecule has 0 fully saturated rings. The molecule has 0 atom stereocenters. The maximum absolute atomic E-state index is 13.0. The molecule has 0 aliphatic rings. The van der Waals surface area contributed by atoms with E-state index in [2.05, 4.69) is 4.98 Å². The fourth-order valence-electron chi connectivity index (χ4n) is 2.77. The first-order valence-electron chi connectivity index (χ1n) is 7.82. The Bertz CT molecular complexity index is 1020. The van der Waals surface area contributed by atoms with Gasteiger partial charge in [0.1, 0.15) is 10.7 Å². The van der Waals surface area contributed by atoms with Crippen LogP contribution in [0.4, 0.5) is 0 Å². The second kappa shape index (κ2) is 6.98. The molecule has 0 bridgehead atoms. The van der Waals surface area contributed by atoms with Gasteiger partial charge >= 0.3 is 5.97 Å². The van der Waals surface area contributed by atoms with Crippen molar-refractivity contribution in [2.24, 2.45) is 0 Å². The zero-order chi connectivity index (χ0) is 18.1. The summed E-state index contributed by atoms with van der Waals surface area (Å²) in [5.41, 5.74) is 1.66. The minimum Gasteiger partial charge on any atom is -0.481 e. The largest absolute Gasteiger partial charge is 0.481 e. The number of benzene rings is 1. The molecular formula is C18H17ClN2O3S. The number of nitrogens with zero attached hydrogens (tertiary/aromatic N) is 2. The van der Waals surface area contributed by atoms with Gasteiger partial charge < -0.3 is 5.11 Å². The molecule has 130 valence electrons. The molecule has 0 saturated carbocycles. The summed E-state index contributed by atoms with van der Waals surface area (Å²) >= 11 is 7.53. The van der Waals surface area contributed by atoms with Crippen molar-refractivity contribution in [3.63, 3.8) is 0 Å². The molecule has 5 nitrogen and oxygen atoms in total. The van der Waals surface area contributed by atoms with Crippen LogP contribution in [0.15, 0.2) is 29.1 Å². The van der Waals surface area contributed by atoms with Crippen LogP contribution in [0.2, 0.25) is 5.02 Å². The minimum atomic E-state index is -0.945. The lowest BCUT2D eigenvalue weighted by Crippen LogP contribution is -2.26. The first kappa shape index (κ1) is 17.6. The van der Waals surface area contributed by atoms with E-state index >= 15 is 0 Å². The fraction of sp³-hybridized carbons (Fsp3) is 0.278. The van der Waals surface area contributed by atoms with Gasteiger partial charge in [0, 0.05) is 22.9 Å². The van der Waals surface area contributed by atoms with Gasteiger partial charge in [-0.3, -0.25) is 14.2 Å². The van der Waals surface area contributed by atoms with Gasteiger partial charge in [-0.15, -0.1) is 11.3 Å². The van der Waals surface area contributed by atoms with Gasteiger partial charge in [-0.05, 0) is 37.1 Å². The highest BCUT2D eigenvalue weighted by molar-refractivity contribution is 7.18. The molecule has 0 spiro atoms. The maximum atomic E-state index is 13.0. The van der Waals surface area contributed by atoms with E-state index in [0.29, 0.717) is 27.5 Å².